The van der Waals surface area contributed by atoms with E-state index in [9.17, 15) is 13.2 Å². The minimum atomic E-state index is -4.09. The lowest BCUT2D eigenvalue weighted by atomic mass is 10.2. The molecule has 7 nitrogen and oxygen atoms in total. The first-order valence-electron chi connectivity index (χ1n) is 6.52. The fourth-order valence-electron chi connectivity index (χ4n) is 2.14. The van der Waals surface area contributed by atoms with Gasteiger partial charge in [0, 0.05) is 0 Å². The Bertz CT molecular complexity index is 1060. The van der Waals surface area contributed by atoms with E-state index >= 15 is 0 Å². The Morgan fingerprint density at radius 3 is 2.58 bits per heavy atom. The number of sulfonamides is 1. The molecule has 3 aromatic rings. The molecule has 0 unspecified atom stereocenters. The van der Waals surface area contributed by atoms with E-state index in [4.69, 9.17) is 28.3 Å². The van der Waals surface area contributed by atoms with Crippen molar-refractivity contribution in [3.63, 3.8) is 0 Å². The summed E-state index contributed by atoms with van der Waals surface area (Å²) in [6, 6.07) is 9.35. The van der Waals surface area contributed by atoms with Crippen molar-refractivity contribution in [3.05, 3.63) is 58.3 Å². The van der Waals surface area contributed by atoms with Crippen molar-refractivity contribution in [2.45, 2.75) is 4.90 Å². The molecule has 3 rings (SSSR count). The van der Waals surface area contributed by atoms with E-state index in [0.717, 1.165) is 12.1 Å². The number of para-hydroxylation sites is 2. The molecule has 0 fully saturated rings. The van der Waals surface area contributed by atoms with Gasteiger partial charge in [-0.25, -0.2) is 23.2 Å². The van der Waals surface area contributed by atoms with Gasteiger partial charge in [-0.1, -0.05) is 35.3 Å². The molecule has 2 aromatic carbocycles. The van der Waals surface area contributed by atoms with Gasteiger partial charge in [-0.15, -0.1) is 0 Å². The molecule has 124 valence electrons. The number of carbonyl (C=O) groups is 1. The van der Waals surface area contributed by atoms with Crippen LogP contribution in [0, 0.1) is 0 Å². The summed E-state index contributed by atoms with van der Waals surface area (Å²) in [7, 11) is -4.09. The lowest BCUT2D eigenvalue weighted by Crippen LogP contribution is -2.23. The molecule has 0 aliphatic heterocycles. The van der Waals surface area contributed by atoms with Crippen LogP contribution in [0.3, 0.4) is 0 Å². The average Bonchev–Trinajstić information content (AvgIpc) is 2.89. The first-order chi connectivity index (χ1) is 11.3. The summed E-state index contributed by atoms with van der Waals surface area (Å²) in [5.74, 6) is -0.635. The first kappa shape index (κ1) is 16.7. The van der Waals surface area contributed by atoms with Crippen LogP contribution in [0.4, 0.5) is 0 Å². The third-order valence-corrected chi connectivity index (χ3v) is 4.94. The Morgan fingerprint density at radius 2 is 1.88 bits per heavy atom. The number of nitrogens with two attached hydrogens (primary N) is 1. The average molecular weight is 385 g/mol. The number of nitrogens with one attached hydrogen (secondary N) is 1. The summed E-state index contributed by atoms with van der Waals surface area (Å²) >= 11 is 11.8. The van der Waals surface area contributed by atoms with Gasteiger partial charge in [0.05, 0.1) is 26.6 Å². The molecule has 0 spiro atoms. The maximum Gasteiger partial charge on any atom is 0.271 e. The zero-order valence-corrected chi connectivity index (χ0v) is 14.2. The lowest BCUT2D eigenvalue weighted by molar-refractivity contribution is 0.101. The van der Waals surface area contributed by atoms with Crippen LogP contribution in [-0.4, -0.2) is 24.0 Å². The lowest BCUT2D eigenvalue weighted by Gasteiger charge is -2.10. The largest absolute Gasteiger partial charge is 0.271 e. The maximum atomic E-state index is 12.4. The molecule has 0 aliphatic rings. The van der Waals surface area contributed by atoms with Gasteiger partial charge in [-0.05, 0) is 24.3 Å². The minimum absolute atomic E-state index is 0.00526. The summed E-state index contributed by atoms with van der Waals surface area (Å²) in [5.41, 5.74) is 3.85. The van der Waals surface area contributed by atoms with E-state index in [1.54, 1.807) is 18.2 Å². The zero-order chi connectivity index (χ0) is 17.5. The number of benzene rings is 2. The summed E-state index contributed by atoms with van der Waals surface area (Å²) in [6.45, 7) is 0. The van der Waals surface area contributed by atoms with Gasteiger partial charge in [0.25, 0.3) is 5.91 Å². The molecular weight excluding hydrogens is 375 g/mol. The van der Waals surface area contributed by atoms with Crippen LogP contribution in [0.2, 0.25) is 10.0 Å². The van der Waals surface area contributed by atoms with Crippen LogP contribution >= 0.6 is 23.2 Å². The summed E-state index contributed by atoms with van der Waals surface area (Å²) in [6.07, 6.45) is 1.42. The highest BCUT2D eigenvalue weighted by atomic mass is 35.5. The Hall–Kier alpha value is -2.13. The van der Waals surface area contributed by atoms with Crippen molar-refractivity contribution in [2.75, 3.05) is 5.43 Å². The van der Waals surface area contributed by atoms with Gasteiger partial charge in [-0.2, -0.15) is 0 Å². The number of halogens is 2. The van der Waals surface area contributed by atoms with Gasteiger partial charge in [0.2, 0.25) is 10.0 Å². The molecule has 0 bridgehead atoms. The number of primary sulfonamides is 1. The van der Waals surface area contributed by atoms with Gasteiger partial charge >= 0.3 is 0 Å². The topological polar surface area (TPSA) is 107 Å². The van der Waals surface area contributed by atoms with Crippen LogP contribution in [0.25, 0.3) is 11.0 Å². The minimum Gasteiger partial charge on any atom is -0.267 e. The van der Waals surface area contributed by atoms with Crippen LogP contribution < -0.4 is 10.6 Å². The normalized spacial score (nSPS) is 11.6. The summed E-state index contributed by atoms with van der Waals surface area (Å²) in [4.78, 5) is 16.2. The Labute approximate surface area is 147 Å². The van der Waals surface area contributed by atoms with Gasteiger partial charge in [-0.3, -0.25) is 10.2 Å². The fourth-order valence-corrected chi connectivity index (χ4v) is 3.54. The number of imidazole rings is 1. The predicted molar refractivity (Wildman–Crippen MR) is 91.3 cm³/mol. The van der Waals surface area contributed by atoms with Crippen molar-refractivity contribution >= 4 is 50.2 Å². The third-order valence-electron chi connectivity index (χ3n) is 3.25. The molecule has 0 saturated carbocycles. The van der Waals surface area contributed by atoms with Gasteiger partial charge in [0.15, 0.2) is 0 Å². The molecule has 0 radical (unpaired) electrons. The number of carbonyl (C=O) groups excluding carboxylic acids is 1. The summed E-state index contributed by atoms with van der Waals surface area (Å²) in [5, 5.41) is 4.92. The molecular formula is C14H10Cl2N4O3S. The number of hydrogen-bond acceptors (Lipinski definition) is 4. The van der Waals surface area contributed by atoms with Crippen molar-refractivity contribution in [1.82, 2.24) is 9.66 Å². The molecule has 1 aromatic heterocycles. The van der Waals surface area contributed by atoms with E-state index < -0.39 is 15.9 Å². The van der Waals surface area contributed by atoms with E-state index in [1.165, 1.54) is 11.0 Å². The maximum absolute atomic E-state index is 12.4. The second-order valence-electron chi connectivity index (χ2n) is 4.85. The van der Waals surface area contributed by atoms with Gasteiger partial charge < -0.3 is 0 Å². The van der Waals surface area contributed by atoms with Crippen LogP contribution in [0.5, 0.6) is 0 Å². The van der Waals surface area contributed by atoms with Crippen molar-refractivity contribution < 1.29 is 13.2 Å². The molecule has 0 aliphatic carbocycles. The van der Waals surface area contributed by atoms with Crippen LogP contribution in [-0.2, 0) is 10.0 Å². The van der Waals surface area contributed by atoms with E-state index in [-0.39, 0.29) is 20.5 Å². The quantitative estimate of drug-likeness (QED) is 0.722. The SMILES string of the molecule is NS(=O)(=O)c1cc(C(=O)Nn2cnc3ccccc32)c(Cl)cc1Cl. The molecule has 0 atom stereocenters. The van der Waals surface area contributed by atoms with Crippen LogP contribution in [0.15, 0.2) is 47.6 Å². The zero-order valence-electron chi connectivity index (χ0n) is 11.9. The number of aromatic nitrogens is 2. The molecule has 1 heterocycles. The Kier molecular flexibility index (Phi) is 4.22. The van der Waals surface area contributed by atoms with E-state index in [0.29, 0.717) is 11.0 Å². The highest BCUT2D eigenvalue weighted by Gasteiger charge is 2.20. The number of amides is 1. The van der Waals surface area contributed by atoms with Crippen molar-refractivity contribution in [1.29, 1.82) is 0 Å². The summed E-state index contributed by atoms with van der Waals surface area (Å²) < 4.78 is 24.5. The highest BCUT2D eigenvalue weighted by Crippen LogP contribution is 2.28. The number of nitrogens with zero attached hydrogens (tertiary/aromatic N) is 2. The molecule has 24 heavy (non-hydrogen) atoms. The number of hydrogen-bond donors (Lipinski definition) is 2. The molecule has 0 saturated heterocycles. The van der Waals surface area contributed by atoms with E-state index in [2.05, 4.69) is 10.4 Å². The Morgan fingerprint density at radius 1 is 1.17 bits per heavy atom. The van der Waals surface area contributed by atoms with Crippen LogP contribution in [0.1, 0.15) is 10.4 Å². The second-order valence-corrected chi connectivity index (χ2v) is 7.20. The first-order valence-corrected chi connectivity index (χ1v) is 8.83. The Balaban J connectivity index is 2.01. The number of fused-ring (bicyclic) bond motifs is 1. The molecule has 10 heteroatoms. The number of rotatable bonds is 3. The van der Waals surface area contributed by atoms with E-state index in [1.807, 2.05) is 6.07 Å². The van der Waals surface area contributed by atoms with Crippen molar-refractivity contribution in [2.24, 2.45) is 5.14 Å². The smallest absolute Gasteiger partial charge is 0.267 e. The van der Waals surface area contributed by atoms with Gasteiger partial charge in [0.1, 0.15) is 11.2 Å². The predicted octanol–water partition coefficient (Wildman–Crippen LogP) is 2.37. The van der Waals surface area contributed by atoms with Crippen molar-refractivity contribution in [3.8, 4) is 0 Å². The third kappa shape index (κ3) is 3.09. The monoisotopic (exact) mass is 384 g/mol. The fraction of sp³-hybridized carbons (Fsp3) is 0. The standard InChI is InChI=1S/C14H10Cl2N4O3S/c15-9-6-10(16)13(24(17,22)23)5-8(9)14(21)19-20-7-18-11-3-1-2-4-12(11)20/h1-7H,(H,19,21)(H2,17,22,23). The molecule has 3 N–H and O–H groups in total. The second kappa shape index (κ2) is 6.06. The highest BCUT2D eigenvalue weighted by molar-refractivity contribution is 7.89. The molecule has 1 amide bonds.